The average Bonchev–Trinajstić information content (AvgIpc) is 2.38. The smallest absolute Gasteiger partial charge is 0.408 e. The van der Waals surface area contributed by atoms with Gasteiger partial charge in [0.05, 0.1) is 6.54 Å². The van der Waals surface area contributed by atoms with Crippen LogP contribution in [-0.4, -0.2) is 41.3 Å². The second-order valence-electron chi connectivity index (χ2n) is 5.76. The Morgan fingerprint density at radius 3 is 2.24 bits per heavy atom. The van der Waals surface area contributed by atoms with Crippen LogP contribution in [-0.2, 0) is 14.3 Å². The summed E-state index contributed by atoms with van der Waals surface area (Å²) in [4.78, 5) is 34.7. The number of hydrogen-bond donors (Lipinski definition) is 4. The van der Waals surface area contributed by atoms with Crippen molar-refractivity contribution in [3.05, 3.63) is 0 Å². The Hall–Kier alpha value is -1.83. The van der Waals surface area contributed by atoms with Crippen LogP contribution in [0.25, 0.3) is 0 Å². The van der Waals surface area contributed by atoms with Crippen LogP contribution in [0, 0.1) is 5.92 Å². The lowest BCUT2D eigenvalue weighted by Crippen LogP contribution is -2.52. The van der Waals surface area contributed by atoms with E-state index >= 15 is 0 Å². The Balaban J connectivity index is 4.69. The van der Waals surface area contributed by atoms with E-state index in [1.807, 2.05) is 6.92 Å². The molecule has 8 nitrogen and oxygen atoms in total. The van der Waals surface area contributed by atoms with E-state index in [2.05, 4.69) is 10.6 Å². The van der Waals surface area contributed by atoms with Gasteiger partial charge in [-0.15, -0.1) is 0 Å². The minimum absolute atomic E-state index is 0.144. The molecule has 0 rings (SSSR count). The SMILES string of the molecule is CCC(C)[C@H](NC(=O)OC(C)(C)C)C(=O)NCC(=O)NO. The van der Waals surface area contributed by atoms with E-state index < -0.39 is 29.6 Å². The van der Waals surface area contributed by atoms with Crippen molar-refractivity contribution in [3.8, 4) is 0 Å². The Morgan fingerprint density at radius 1 is 1.24 bits per heavy atom. The quantitative estimate of drug-likeness (QED) is 0.422. The molecule has 21 heavy (non-hydrogen) atoms. The van der Waals surface area contributed by atoms with Crippen molar-refractivity contribution >= 4 is 17.9 Å². The first-order chi connectivity index (χ1) is 9.60. The highest BCUT2D eigenvalue weighted by Gasteiger charge is 2.28. The lowest BCUT2D eigenvalue weighted by atomic mass is 9.98. The molecular formula is C13H25N3O5. The summed E-state index contributed by atoms with van der Waals surface area (Å²) in [5, 5.41) is 13.2. The predicted molar refractivity (Wildman–Crippen MR) is 75.6 cm³/mol. The van der Waals surface area contributed by atoms with Crippen LogP contribution in [0.2, 0.25) is 0 Å². The Labute approximate surface area is 124 Å². The Kier molecular flexibility index (Phi) is 7.72. The maximum atomic E-state index is 12.0. The number of ether oxygens (including phenoxy) is 1. The van der Waals surface area contributed by atoms with E-state index in [1.54, 1.807) is 27.7 Å². The maximum Gasteiger partial charge on any atom is 0.408 e. The van der Waals surface area contributed by atoms with Crippen molar-refractivity contribution in [2.75, 3.05) is 6.54 Å². The van der Waals surface area contributed by atoms with Crippen molar-refractivity contribution in [1.82, 2.24) is 16.1 Å². The lowest BCUT2D eigenvalue weighted by Gasteiger charge is -2.26. The molecule has 0 fully saturated rings. The molecular weight excluding hydrogens is 278 g/mol. The first-order valence-corrected chi connectivity index (χ1v) is 6.80. The first-order valence-electron chi connectivity index (χ1n) is 6.80. The molecule has 0 bridgehead atoms. The zero-order chi connectivity index (χ0) is 16.6. The number of nitrogens with one attached hydrogen (secondary N) is 3. The van der Waals surface area contributed by atoms with Gasteiger partial charge in [0.15, 0.2) is 0 Å². The summed E-state index contributed by atoms with van der Waals surface area (Å²) in [5.41, 5.74) is 0.739. The van der Waals surface area contributed by atoms with Crippen LogP contribution in [0.3, 0.4) is 0 Å². The molecule has 0 radical (unpaired) electrons. The summed E-state index contributed by atoms with van der Waals surface area (Å²) < 4.78 is 5.11. The second-order valence-corrected chi connectivity index (χ2v) is 5.76. The van der Waals surface area contributed by atoms with Gasteiger partial charge in [0.2, 0.25) is 5.91 Å². The summed E-state index contributed by atoms with van der Waals surface area (Å²) >= 11 is 0. The van der Waals surface area contributed by atoms with Crippen LogP contribution in [0.15, 0.2) is 0 Å². The standard InChI is InChI=1S/C13H25N3O5/c1-6-8(2)10(11(18)14-7-9(17)16-20)15-12(19)21-13(3,4)5/h8,10,20H,6-7H2,1-5H3,(H,14,18)(H,15,19)(H,16,17)/t8?,10-/m0/s1. The van der Waals surface area contributed by atoms with Crippen LogP contribution < -0.4 is 16.1 Å². The van der Waals surface area contributed by atoms with E-state index in [4.69, 9.17) is 9.94 Å². The highest BCUT2D eigenvalue weighted by atomic mass is 16.6. The van der Waals surface area contributed by atoms with Gasteiger partial charge < -0.3 is 15.4 Å². The monoisotopic (exact) mass is 303 g/mol. The van der Waals surface area contributed by atoms with Gasteiger partial charge in [-0.25, -0.2) is 10.3 Å². The normalized spacial score (nSPS) is 13.8. The van der Waals surface area contributed by atoms with Gasteiger partial charge in [-0.05, 0) is 26.7 Å². The minimum Gasteiger partial charge on any atom is -0.444 e. The topological polar surface area (TPSA) is 117 Å². The van der Waals surface area contributed by atoms with E-state index in [-0.39, 0.29) is 12.5 Å². The molecule has 0 saturated carbocycles. The van der Waals surface area contributed by atoms with Gasteiger partial charge in [-0.1, -0.05) is 20.3 Å². The zero-order valence-electron chi connectivity index (χ0n) is 13.1. The van der Waals surface area contributed by atoms with E-state index in [0.29, 0.717) is 6.42 Å². The molecule has 3 amide bonds. The molecule has 4 N–H and O–H groups in total. The third-order valence-corrected chi connectivity index (χ3v) is 2.72. The molecule has 0 spiro atoms. The van der Waals surface area contributed by atoms with Crippen LogP contribution in [0.5, 0.6) is 0 Å². The number of hydrogen-bond acceptors (Lipinski definition) is 5. The molecule has 0 aliphatic heterocycles. The second kappa shape index (κ2) is 8.46. The summed E-state index contributed by atoms with van der Waals surface area (Å²) in [6.07, 6.45) is -0.0466. The van der Waals surface area contributed by atoms with Gasteiger partial charge in [0.25, 0.3) is 5.91 Å². The number of amides is 3. The van der Waals surface area contributed by atoms with Gasteiger partial charge in [0.1, 0.15) is 11.6 Å². The molecule has 2 atom stereocenters. The lowest BCUT2D eigenvalue weighted by molar-refractivity contribution is -0.132. The highest BCUT2D eigenvalue weighted by Crippen LogP contribution is 2.11. The van der Waals surface area contributed by atoms with E-state index in [1.165, 1.54) is 5.48 Å². The molecule has 1 unspecified atom stereocenters. The van der Waals surface area contributed by atoms with Crippen molar-refractivity contribution in [2.24, 2.45) is 5.92 Å². The summed E-state index contributed by atoms with van der Waals surface area (Å²) in [5.74, 6) is -1.41. The fraction of sp³-hybridized carbons (Fsp3) is 0.769. The molecule has 0 heterocycles. The third-order valence-electron chi connectivity index (χ3n) is 2.72. The van der Waals surface area contributed by atoms with Crippen molar-refractivity contribution in [2.45, 2.75) is 52.7 Å². The summed E-state index contributed by atoms with van der Waals surface area (Å²) in [7, 11) is 0. The van der Waals surface area contributed by atoms with Gasteiger partial charge in [0, 0.05) is 0 Å². The number of alkyl carbamates (subject to hydrolysis) is 1. The highest BCUT2D eigenvalue weighted by molar-refractivity contribution is 5.89. The Morgan fingerprint density at radius 2 is 1.81 bits per heavy atom. The van der Waals surface area contributed by atoms with Crippen molar-refractivity contribution in [1.29, 1.82) is 0 Å². The van der Waals surface area contributed by atoms with E-state index in [0.717, 1.165) is 0 Å². The summed E-state index contributed by atoms with van der Waals surface area (Å²) in [6.45, 7) is 8.46. The number of carbonyl (C=O) groups is 3. The molecule has 0 aromatic carbocycles. The van der Waals surface area contributed by atoms with Crippen LogP contribution in [0.4, 0.5) is 4.79 Å². The summed E-state index contributed by atoms with van der Waals surface area (Å²) in [6, 6.07) is -0.823. The number of carbonyl (C=O) groups excluding carboxylic acids is 3. The molecule has 122 valence electrons. The van der Waals surface area contributed by atoms with Crippen LogP contribution >= 0.6 is 0 Å². The predicted octanol–water partition coefficient (Wildman–Crippen LogP) is 0.547. The largest absolute Gasteiger partial charge is 0.444 e. The third kappa shape index (κ3) is 8.13. The fourth-order valence-electron chi connectivity index (χ4n) is 1.45. The minimum atomic E-state index is -0.823. The van der Waals surface area contributed by atoms with Gasteiger partial charge >= 0.3 is 6.09 Å². The fourth-order valence-corrected chi connectivity index (χ4v) is 1.45. The van der Waals surface area contributed by atoms with Gasteiger partial charge in [-0.3, -0.25) is 14.8 Å². The van der Waals surface area contributed by atoms with Crippen molar-refractivity contribution < 1.29 is 24.3 Å². The van der Waals surface area contributed by atoms with Crippen LogP contribution in [0.1, 0.15) is 41.0 Å². The number of hydroxylamine groups is 1. The number of rotatable bonds is 6. The molecule has 0 aliphatic rings. The van der Waals surface area contributed by atoms with E-state index in [9.17, 15) is 14.4 Å². The molecule has 0 aromatic heterocycles. The first kappa shape index (κ1) is 19.2. The maximum absolute atomic E-state index is 12.0. The molecule has 0 aromatic rings. The Bertz CT molecular complexity index is 378. The van der Waals surface area contributed by atoms with Crippen molar-refractivity contribution in [3.63, 3.8) is 0 Å². The zero-order valence-corrected chi connectivity index (χ0v) is 13.1. The average molecular weight is 303 g/mol. The van der Waals surface area contributed by atoms with Gasteiger partial charge in [-0.2, -0.15) is 0 Å². The molecule has 0 aliphatic carbocycles. The molecule has 8 heteroatoms. The molecule has 0 saturated heterocycles.